The maximum Gasteiger partial charge on any atom is 0.338 e. The fourth-order valence-electron chi connectivity index (χ4n) is 1.34. The number of esters is 1. The highest BCUT2D eigenvalue weighted by Gasteiger charge is 2.17. The maximum absolute atomic E-state index is 11.6. The van der Waals surface area contributed by atoms with Crippen LogP contribution in [0.4, 0.5) is 0 Å². The van der Waals surface area contributed by atoms with Crippen LogP contribution in [0.2, 0.25) is 0 Å². The highest BCUT2D eigenvalue weighted by Crippen LogP contribution is 2.19. The molecule has 0 aliphatic heterocycles. The lowest BCUT2D eigenvalue weighted by atomic mass is 10.0. The van der Waals surface area contributed by atoms with Gasteiger partial charge in [0.25, 0.3) is 0 Å². The van der Waals surface area contributed by atoms with Crippen molar-refractivity contribution in [3.63, 3.8) is 0 Å². The first-order chi connectivity index (χ1) is 7.60. The number of benzene rings is 1. The molecule has 0 aromatic heterocycles. The molecular weight excluding hydrogens is 208 g/mol. The number of phenolic OH excluding ortho intramolecular Hbond substituents is 1. The molecule has 1 aromatic rings. The largest absolute Gasteiger partial charge is 0.508 e. The zero-order chi connectivity index (χ0) is 12.1. The summed E-state index contributed by atoms with van der Waals surface area (Å²) in [5, 5.41) is 9.29. The molecule has 0 amide bonds. The normalized spacial score (nSPS) is 9.88. The summed E-state index contributed by atoms with van der Waals surface area (Å²) in [5.74, 6) is -0.775. The second-order valence-electron chi connectivity index (χ2n) is 3.23. The molecule has 86 valence electrons. The topological polar surface area (TPSA) is 63.6 Å². The maximum atomic E-state index is 11.6. The number of hydrogen-bond donors (Lipinski definition) is 1. The molecule has 1 N–H and O–H groups in total. The number of rotatable bonds is 4. The van der Waals surface area contributed by atoms with Crippen LogP contribution in [0.5, 0.6) is 5.75 Å². The summed E-state index contributed by atoms with van der Waals surface area (Å²) in [6.07, 6.45) is 0.274. The molecule has 0 unspecified atom stereocenters. The zero-order valence-corrected chi connectivity index (χ0v) is 9.32. The molecule has 0 heterocycles. The van der Waals surface area contributed by atoms with Gasteiger partial charge in [-0.3, -0.25) is 4.79 Å². The second-order valence-corrected chi connectivity index (χ2v) is 3.23. The van der Waals surface area contributed by atoms with E-state index in [4.69, 9.17) is 4.74 Å². The predicted octanol–water partition coefficient (Wildman–Crippen LogP) is 2.16. The number of ether oxygens (including phenoxy) is 1. The Morgan fingerprint density at radius 1 is 1.25 bits per heavy atom. The molecular formula is C12H14O4. The fourth-order valence-corrected chi connectivity index (χ4v) is 1.34. The fraction of sp³-hybridized carbons (Fsp3) is 0.333. The van der Waals surface area contributed by atoms with Crippen LogP contribution in [-0.4, -0.2) is 23.5 Å². The van der Waals surface area contributed by atoms with Gasteiger partial charge in [-0.25, -0.2) is 4.79 Å². The van der Waals surface area contributed by atoms with Gasteiger partial charge in [-0.05, 0) is 25.1 Å². The summed E-state index contributed by atoms with van der Waals surface area (Å²) < 4.78 is 4.83. The van der Waals surface area contributed by atoms with Crippen LogP contribution in [0.1, 0.15) is 41.0 Å². The molecule has 0 aliphatic rings. The standard InChI is InChI=1S/C12H14O4/c1-3-11(14)10-7-8(13)5-6-9(10)12(15)16-4-2/h5-7,13H,3-4H2,1-2H3. The van der Waals surface area contributed by atoms with Crippen LogP contribution in [0.3, 0.4) is 0 Å². The van der Waals surface area contributed by atoms with Crippen LogP contribution in [0.25, 0.3) is 0 Å². The molecule has 0 bridgehead atoms. The minimum absolute atomic E-state index is 0.0372. The number of Topliss-reactive ketones (excluding diaryl/α,β-unsaturated/α-hetero) is 1. The summed E-state index contributed by atoms with van der Waals surface area (Å²) in [6, 6.07) is 4.05. The molecule has 4 nitrogen and oxygen atoms in total. The van der Waals surface area contributed by atoms with Crippen LogP contribution in [-0.2, 0) is 4.74 Å². The van der Waals surface area contributed by atoms with Gasteiger partial charge >= 0.3 is 5.97 Å². The Balaban J connectivity index is 3.17. The third-order valence-corrected chi connectivity index (χ3v) is 2.12. The minimum atomic E-state index is -0.542. The van der Waals surface area contributed by atoms with Gasteiger partial charge in [0.15, 0.2) is 5.78 Å². The van der Waals surface area contributed by atoms with Gasteiger partial charge in [0.2, 0.25) is 0 Å². The van der Waals surface area contributed by atoms with E-state index in [1.807, 2.05) is 0 Å². The van der Waals surface area contributed by atoms with E-state index >= 15 is 0 Å². The lowest BCUT2D eigenvalue weighted by Crippen LogP contribution is -2.11. The molecule has 0 aliphatic carbocycles. The first-order valence-corrected chi connectivity index (χ1v) is 5.13. The van der Waals surface area contributed by atoms with Crippen molar-refractivity contribution in [2.45, 2.75) is 20.3 Å². The first kappa shape index (κ1) is 12.2. The summed E-state index contributed by atoms with van der Waals surface area (Å²) in [7, 11) is 0. The van der Waals surface area contributed by atoms with Crippen molar-refractivity contribution < 1.29 is 19.4 Å². The number of carbonyl (C=O) groups is 2. The van der Waals surface area contributed by atoms with E-state index in [1.165, 1.54) is 18.2 Å². The van der Waals surface area contributed by atoms with Crippen molar-refractivity contribution in [3.8, 4) is 5.75 Å². The lowest BCUT2D eigenvalue weighted by Gasteiger charge is -2.07. The number of aromatic hydroxyl groups is 1. The molecule has 0 fully saturated rings. The van der Waals surface area contributed by atoms with Gasteiger partial charge in [-0.1, -0.05) is 6.92 Å². The van der Waals surface area contributed by atoms with Crippen LogP contribution >= 0.6 is 0 Å². The molecule has 16 heavy (non-hydrogen) atoms. The van der Waals surface area contributed by atoms with Gasteiger partial charge in [-0.2, -0.15) is 0 Å². The van der Waals surface area contributed by atoms with E-state index in [0.29, 0.717) is 0 Å². The van der Waals surface area contributed by atoms with E-state index in [0.717, 1.165) is 0 Å². The quantitative estimate of drug-likeness (QED) is 0.626. The number of ketones is 1. The summed E-state index contributed by atoms with van der Waals surface area (Å²) >= 11 is 0. The summed E-state index contributed by atoms with van der Waals surface area (Å²) in [4.78, 5) is 23.1. The Hall–Kier alpha value is -1.84. The van der Waals surface area contributed by atoms with Crippen molar-refractivity contribution in [3.05, 3.63) is 29.3 Å². The Labute approximate surface area is 93.9 Å². The van der Waals surface area contributed by atoms with Gasteiger partial charge in [-0.15, -0.1) is 0 Å². The predicted molar refractivity (Wildman–Crippen MR) is 58.7 cm³/mol. The zero-order valence-electron chi connectivity index (χ0n) is 9.32. The minimum Gasteiger partial charge on any atom is -0.508 e. The smallest absolute Gasteiger partial charge is 0.338 e. The second kappa shape index (κ2) is 5.30. The van der Waals surface area contributed by atoms with Gasteiger partial charge < -0.3 is 9.84 Å². The molecule has 1 aromatic carbocycles. The molecule has 4 heteroatoms. The monoisotopic (exact) mass is 222 g/mol. The Bertz CT molecular complexity index is 409. The van der Waals surface area contributed by atoms with Gasteiger partial charge in [0, 0.05) is 12.0 Å². The highest BCUT2D eigenvalue weighted by atomic mass is 16.5. The van der Waals surface area contributed by atoms with E-state index in [9.17, 15) is 14.7 Å². The lowest BCUT2D eigenvalue weighted by molar-refractivity contribution is 0.0523. The van der Waals surface area contributed by atoms with Crippen LogP contribution in [0.15, 0.2) is 18.2 Å². The Morgan fingerprint density at radius 2 is 1.94 bits per heavy atom. The van der Waals surface area contributed by atoms with Crippen LogP contribution in [0, 0.1) is 0 Å². The van der Waals surface area contributed by atoms with Crippen LogP contribution < -0.4 is 0 Å². The SMILES string of the molecule is CCOC(=O)c1ccc(O)cc1C(=O)CC. The Kier molecular flexibility index (Phi) is 4.05. The van der Waals surface area contributed by atoms with Gasteiger partial charge in [0.1, 0.15) is 5.75 Å². The average Bonchev–Trinajstić information content (AvgIpc) is 2.28. The van der Waals surface area contributed by atoms with Crippen molar-refractivity contribution in [2.75, 3.05) is 6.61 Å². The van der Waals surface area contributed by atoms with E-state index in [-0.39, 0.29) is 35.7 Å². The van der Waals surface area contributed by atoms with E-state index in [1.54, 1.807) is 13.8 Å². The number of carbonyl (C=O) groups excluding carboxylic acids is 2. The third kappa shape index (κ3) is 2.59. The summed E-state index contributed by atoms with van der Waals surface area (Å²) in [6.45, 7) is 3.64. The van der Waals surface area contributed by atoms with E-state index < -0.39 is 5.97 Å². The number of hydrogen-bond acceptors (Lipinski definition) is 4. The molecule has 0 spiro atoms. The molecule has 0 saturated carbocycles. The molecule has 0 radical (unpaired) electrons. The van der Waals surface area contributed by atoms with Crippen molar-refractivity contribution >= 4 is 11.8 Å². The van der Waals surface area contributed by atoms with Crippen molar-refractivity contribution in [1.29, 1.82) is 0 Å². The van der Waals surface area contributed by atoms with E-state index in [2.05, 4.69) is 0 Å². The number of phenols is 1. The molecule has 0 atom stereocenters. The summed E-state index contributed by atoms with van der Waals surface area (Å²) in [5.41, 5.74) is 0.410. The van der Waals surface area contributed by atoms with Gasteiger partial charge in [0.05, 0.1) is 12.2 Å². The molecule has 0 saturated heterocycles. The average molecular weight is 222 g/mol. The first-order valence-electron chi connectivity index (χ1n) is 5.13. The highest BCUT2D eigenvalue weighted by molar-refractivity contribution is 6.06. The Morgan fingerprint density at radius 3 is 2.50 bits per heavy atom. The third-order valence-electron chi connectivity index (χ3n) is 2.12. The van der Waals surface area contributed by atoms with Crippen molar-refractivity contribution in [1.82, 2.24) is 0 Å². The molecule has 1 rings (SSSR count). The van der Waals surface area contributed by atoms with Crippen molar-refractivity contribution in [2.24, 2.45) is 0 Å².